The number of ether oxygens (including phenoxy) is 1. The number of nitrogens with zero attached hydrogens (tertiary/aromatic N) is 5. The summed E-state index contributed by atoms with van der Waals surface area (Å²) in [7, 11) is -2.80. The van der Waals surface area contributed by atoms with Gasteiger partial charge in [0, 0.05) is 38.2 Å². The fourth-order valence-electron chi connectivity index (χ4n) is 3.58. The van der Waals surface area contributed by atoms with E-state index in [0.717, 1.165) is 28.3 Å². The standard InChI is InChI=1S/C28H40N7O13PS/c1-7-11-32(13-15-47-49(42,43)48-16-14-35(3,4)5)25(37)19-33(12-8-2)26(38)21-46-20-24(36)29-9-10-30-27(39)22-17-23(34(40)41)28(31-18-22)50(6,44)45/h1-2,17-18H,9-16,19-21H2,3-6H3,(H2-,29,30,36,39,42,43)/p+1. The molecule has 20 nitrogen and oxygen atoms in total. The smallest absolute Gasteiger partial charge is 0.362 e. The van der Waals surface area contributed by atoms with E-state index in [1.54, 1.807) is 0 Å². The van der Waals surface area contributed by atoms with Crippen LogP contribution >= 0.6 is 7.82 Å². The molecule has 0 aliphatic rings. The maximum Gasteiger partial charge on any atom is 0.472 e. The normalized spacial score (nSPS) is 12.5. The SMILES string of the molecule is C#CCN(CCOP(=O)(O)OCC[N+](C)(C)C)C(=O)CN(CC#C)C(=O)COCC(=O)NCCNC(=O)c1cnc(S(C)(=O)=O)c([N+](=O)[O-])c1. The topological polar surface area (TPSA) is 254 Å². The Kier molecular flexibility index (Phi) is 17.6. The number of likely N-dealkylation sites (N-methyl/N-ethyl adjacent to an activating group) is 1. The molecule has 0 bridgehead atoms. The number of nitrogens with one attached hydrogen (secondary N) is 2. The summed E-state index contributed by atoms with van der Waals surface area (Å²) in [4.78, 5) is 75.7. The van der Waals surface area contributed by atoms with Crippen LogP contribution in [0.15, 0.2) is 17.3 Å². The molecule has 1 rings (SSSR count). The van der Waals surface area contributed by atoms with Crippen LogP contribution in [0.1, 0.15) is 10.4 Å². The van der Waals surface area contributed by atoms with Crippen LogP contribution in [0.2, 0.25) is 0 Å². The Hall–Kier alpha value is -4.47. The van der Waals surface area contributed by atoms with E-state index in [4.69, 9.17) is 26.6 Å². The monoisotopic (exact) mass is 746 g/mol. The maximum atomic E-state index is 12.9. The number of pyridine rings is 1. The second-order valence-electron chi connectivity index (χ2n) is 11.3. The third-order valence-corrected chi connectivity index (χ3v) is 8.10. The van der Waals surface area contributed by atoms with Gasteiger partial charge in [-0.15, -0.1) is 12.8 Å². The molecule has 1 aromatic rings. The van der Waals surface area contributed by atoms with Crippen LogP contribution in [-0.2, 0) is 42.6 Å². The van der Waals surface area contributed by atoms with Crippen LogP contribution < -0.4 is 10.6 Å². The molecule has 22 heteroatoms. The average molecular weight is 747 g/mol. The van der Waals surface area contributed by atoms with Gasteiger partial charge in [0.15, 0.2) is 9.84 Å². The van der Waals surface area contributed by atoms with E-state index in [-0.39, 0.29) is 44.9 Å². The molecule has 0 saturated heterocycles. The van der Waals surface area contributed by atoms with Crippen LogP contribution in [0.3, 0.4) is 0 Å². The van der Waals surface area contributed by atoms with Gasteiger partial charge in [-0.3, -0.25) is 38.3 Å². The minimum Gasteiger partial charge on any atom is -0.362 e. The van der Waals surface area contributed by atoms with E-state index in [1.165, 1.54) is 0 Å². The molecule has 276 valence electrons. The number of aromatic nitrogens is 1. The van der Waals surface area contributed by atoms with Crippen molar-refractivity contribution in [2.45, 2.75) is 5.03 Å². The second-order valence-corrected chi connectivity index (χ2v) is 14.7. The fraction of sp³-hybridized carbons (Fsp3) is 0.536. The highest BCUT2D eigenvalue weighted by Crippen LogP contribution is 2.42. The first-order valence-corrected chi connectivity index (χ1v) is 17.9. The Morgan fingerprint density at radius 1 is 1.04 bits per heavy atom. The van der Waals surface area contributed by atoms with Gasteiger partial charge in [-0.1, -0.05) is 11.8 Å². The number of phosphoric acid groups is 1. The van der Waals surface area contributed by atoms with Gasteiger partial charge < -0.3 is 34.5 Å². The maximum absolute atomic E-state index is 12.9. The molecule has 0 radical (unpaired) electrons. The number of sulfone groups is 1. The summed E-state index contributed by atoms with van der Waals surface area (Å²) in [6.45, 7) is -2.69. The zero-order chi connectivity index (χ0) is 38.1. The van der Waals surface area contributed by atoms with Crippen molar-refractivity contribution in [3.8, 4) is 24.7 Å². The molecule has 0 aliphatic heterocycles. The van der Waals surface area contributed by atoms with Crippen molar-refractivity contribution in [1.82, 2.24) is 25.4 Å². The minimum absolute atomic E-state index is 0.0450. The van der Waals surface area contributed by atoms with Gasteiger partial charge in [-0.25, -0.2) is 18.0 Å². The molecule has 0 fully saturated rings. The summed E-state index contributed by atoms with van der Waals surface area (Å²) in [5.74, 6) is 1.64. The van der Waals surface area contributed by atoms with Gasteiger partial charge in [0.2, 0.25) is 22.7 Å². The Morgan fingerprint density at radius 3 is 2.22 bits per heavy atom. The number of amides is 4. The number of nitro groups is 1. The first-order chi connectivity index (χ1) is 23.2. The van der Waals surface area contributed by atoms with E-state index in [9.17, 15) is 47.2 Å². The molecule has 3 N–H and O–H groups in total. The molecule has 1 unspecified atom stereocenters. The fourth-order valence-corrected chi connectivity index (χ4v) is 5.03. The third kappa shape index (κ3) is 16.8. The Labute approximate surface area is 289 Å². The molecular weight excluding hydrogens is 705 g/mol. The molecule has 0 aliphatic carbocycles. The average Bonchev–Trinajstić information content (AvgIpc) is 3.00. The summed E-state index contributed by atoms with van der Waals surface area (Å²) in [5, 5.41) is 15.2. The van der Waals surface area contributed by atoms with Crippen LogP contribution in [0.25, 0.3) is 0 Å². The minimum atomic E-state index is -4.39. The van der Waals surface area contributed by atoms with Gasteiger partial charge in [0.1, 0.15) is 32.9 Å². The Balaban J connectivity index is 2.55. The van der Waals surface area contributed by atoms with Gasteiger partial charge in [-0.05, 0) is 0 Å². The molecule has 1 heterocycles. The summed E-state index contributed by atoms with van der Waals surface area (Å²) in [6.07, 6.45) is 12.3. The molecule has 1 atom stereocenters. The van der Waals surface area contributed by atoms with Crippen LogP contribution in [0.5, 0.6) is 0 Å². The van der Waals surface area contributed by atoms with Crippen molar-refractivity contribution in [3.05, 3.63) is 27.9 Å². The van der Waals surface area contributed by atoms with Crippen molar-refractivity contribution in [3.63, 3.8) is 0 Å². The summed E-state index contributed by atoms with van der Waals surface area (Å²) in [5.41, 5.74) is -1.15. The molecule has 1 aromatic heterocycles. The van der Waals surface area contributed by atoms with Crippen molar-refractivity contribution >= 4 is 47.0 Å². The highest BCUT2D eigenvalue weighted by atomic mass is 32.2. The summed E-state index contributed by atoms with van der Waals surface area (Å²) in [6, 6.07) is 0.765. The number of carbonyl (C=O) groups is 4. The quantitative estimate of drug-likeness (QED) is 0.0290. The van der Waals surface area contributed by atoms with E-state index >= 15 is 0 Å². The Bertz CT molecular complexity index is 1630. The zero-order valence-corrected chi connectivity index (χ0v) is 29.7. The number of phosphoric ester groups is 1. The lowest BCUT2D eigenvalue weighted by Crippen LogP contribution is -2.45. The molecule has 4 amide bonds. The first-order valence-electron chi connectivity index (χ1n) is 14.5. The Morgan fingerprint density at radius 2 is 1.64 bits per heavy atom. The number of quaternary nitrogens is 1. The molecule has 0 spiro atoms. The molecule has 50 heavy (non-hydrogen) atoms. The van der Waals surface area contributed by atoms with Crippen molar-refractivity contribution in [2.24, 2.45) is 0 Å². The van der Waals surface area contributed by atoms with Crippen molar-refractivity contribution in [1.29, 1.82) is 0 Å². The predicted octanol–water partition coefficient (Wildman–Crippen LogP) is -1.98. The molecular formula is C28H41N7O13PS+. The van der Waals surface area contributed by atoms with E-state index in [1.807, 2.05) is 21.1 Å². The largest absolute Gasteiger partial charge is 0.472 e. The number of carbonyl (C=O) groups excluding carboxylic acids is 4. The lowest BCUT2D eigenvalue weighted by atomic mass is 10.2. The first kappa shape index (κ1) is 43.6. The summed E-state index contributed by atoms with van der Waals surface area (Å²) >= 11 is 0. The lowest BCUT2D eigenvalue weighted by molar-refractivity contribution is -0.870. The van der Waals surface area contributed by atoms with Crippen molar-refractivity contribution < 1.29 is 60.2 Å². The van der Waals surface area contributed by atoms with Gasteiger partial charge in [0.25, 0.3) is 5.91 Å². The number of terminal acetylenes is 2. The van der Waals surface area contributed by atoms with Crippen LogP contribution in [0.4, 0.5) is 5.69 Å². The highest BCUT2D eigenvalue weighted by molar-refractivity contribution is 7.90. The number of hydrogen-bond donors (Lipinski definition) is 3. The third-order valence-electron chi connectivity index (χ3n) is 6.06. The van der Waals surface area contributed by atoms with Crippen LogP contribution in [-0.4, -0.2) is 161 Å². The van der Waals surface area contributed by atoms with E-state index in [2.05, 4.69) is 27.5 Å². The van der Waals surface area contributed by atoms with E-state index < -0.39 is 83.3 Å². The van der Waals surface area contributed by atoms with Gasteiger partial charge in [0.05, 0.1) is 51.3 Å². The van der Waals surface area contributed by atoms with E-state index in [0.29, 0.717) is 11.0 Å². The van der Waals surface area contributed by atoms with Crippen molar-refractivity contribution in [2.75, 3.05) is 99.6 Å². The van der Waals surface area contributed by atoms with Crippen LogP contribution in [0, 0.1) is 34.8 Å². The number of rotatable bonds is 22. The lowest BCUT2D eigenvalue weighted by Gasteiger charge is -2.26. The summed E-state index contributed by atoms with van der Waals surface area (Å²) < 4.78 is 51.0. The predicted molar refractivity (Wildman–Crippen MR) is 176 cm³/mol. The molecule has 0 saturated carbocycles. The zero-order valence-electron chi connectivity index (χ0n) is 28.0. The van der Waals surface area contributed by atoms with Gasteiger partial charge >= 0.3 is 13.5 Å². The second kappa shape index (κ2) is 20.3. The van der Waals surface area contributed by atoms with Gasteiger partial charge in [-0.2, -0.15) is 0 Å². The molecule has 0 aromatic carbocycles. The number of hydrogen-bond acceptors (Lipinski definition) is 13. The highest BCUT2D eigenvalue weighted by Gasteiger charge is 2.27.